The summed E-state index contributed by atoms with van der Waals surface area (Å²) < 4.78 is 26.8. The van der Waals surface area contributed by atoms with Gasteiger partial charge in [-0.2, -0.15) is 0 Å². The van der Waals surface area contributed by atoms with Crippen LogP contribution in [0.3, 0.4) is 0 Å². The molecular weight excluding hydrogens is 292 g/mol. The molecule has 0 spiro atoms. The van der Waals surface area contributed by atoms with E-state index in [2.05, 4.69) is 4.72 Å². The molecule has 0 amide bonds. The molecule has 6 nitrogen and oxygen atoms in total. The number of hydrogen-bond donors (Lipinski definition) is 3. The zero-order chi connectivity index (χ0) is 15.6. The van der Waals surface area contributed by atoms with Crippen LogP contribution in [-0.2, 0) is 10.0 Å². The van der Waals surface area contributed by atoms with Gasteiger partial charge in [0.1, 0.15) is 0 Å². The number of aryl methyl sites for hydroxylation is 1. The molecule has 0 heterocycles. The molecule has 110 valence electrons. The molecule has 0 aliphatic rings. The number of carboxylic acids is 1. The minimum atomic E-state index is -3.77. The van der Waals surface area contributed by atoms with Gasteiger partial charge in [0.15, 0.2) is 0 Å². The highest BCUT2D eigenvalue weighted by atomic mass is 32.2. The molecular formula is C14H14N2O4S. The van der Waals surface area contributed by atoms with Crippen molar-refractivity contribution in [1.29, 1.82) is 0 Å². The first-order valence-electron chi connectivity index (χ1n) is 6.02. The maximum atomic E-state index is 12.2. The number of nitrogens with one attached hydrogen (secondary N) is 1. The maximum Gasteiger partial charge on any atom is 0.335 e. The van der Waals surface area contributed by atoms with Crippen molar-refractivity contribution in [2.24, 2.45) is 0 Å². The van der Waals surface area contributed by atoms with Crippen molar-refractivity contribution in [3.63, 3.8) is 0 Å². The van der Waals surface area contributed by atoms with Gasteiger partial charge in [-0.1, -0.05) is 12.1 Å². The van der Waals surface area contributed by atoms with Crippen LogP contribution in [0.1, 0.15) is 15.9 Å². The summed E-state index contributed by atoms with van der Waals surface area (Å²) in [6.45, 7) is 1.79. The summed E-state index contributed by atoms with van der Waals surface area (Å²) in [6.07, 6.45) is 0. The Bertz CT molecular complexity index is 800. The summed E-state index contributed by atoms with van der Waals surface area (Å²) in [7, 11) is -3.77. The van der Waals surface area contributed by atoms with E-state index in [-0.39, 0.29) is 21.8 Å². The fourth-order valence-electron chi connectivity index (χ4n) is 1.77. The molecule has 0 atom stereocenters. The minimum absolute atomic E-state index is 0.00833. The van der Waals surface area contributed by atoms with Crippen LogP contribution in [-0.4, -0.2) is 19.5 Å². The lowest BCUT2D eigenvalue weighted by Gasteiger charge is -2.11. The Morgan fingerprint density at radius 3 is 2.48 bits per heavy atom. The quantitative estimate of drug-likeness (QED) is 0.749. The summed E-state index contributed by atoms with van der Waals surface area (Å²) in [5.74, 6) is -1.13. The van der Waals surface area contributed by atoms with E-state index in [4.69, 9.17) is 10.8 Å². The van der Waals surface area contributed by atoms with Crippen LogP contribution in [0, 0.1) is 6.92 Å². The second-order valence-electron chi connectivity index (χ2n) is 4.53. The van der Waals surface area contributed by atoms with E-state index in [9.17, 15) is 13.2 Å². The molecule has 7 heteroatoms. The Kier molecular flexibility index (Phi) is 3.86. The molecule has 0 aliphatic heterocycles. The fraction of sp³-hybridized carbons (Fsp3) is 0.0714. The van der Waals surface area contributed by atoms with Crippen LogP contribution in [0.5, 0.6) is 0 Å². The van der Waals surface area contributed by atoms with Gasteiger partial charge in [0, 0.05) is 0 Å². The number of hydrogen-bond acceptors (Lipinski definition) is 4. The van der Waals surface area contributed by atoms with Crippen molar-refractivity contribution >= 4 is 27.4 Å². The van der Waals surface area contributed by atoms with E-state index < -0.39 is 16.0 Å². The van der Waals surface area contributed by atoms with Crippen molar-refractivity contribution < 1.29 is 18.3 Å². The van der Waals surface area contributed by atoms with Gasteiger partial charge in [0.25, 0.3) is 10.0 Å². The Balaban J connectivity index is 2.35. The van der Waals surface area contributed by atoms with Crippen molar-refractivity contribution in [1.82, 2.24) is 0 Å². The first kappa shape index (κ1) is 14.9. The number of aromatic carboxylic acids is 1. The number of carbonyl (C=O) groups is 1. The summed E-state index contributed by atoms with van der Waals surface area (Å²) in [5, 5.41) is 8.85. The molecule has 4 N–H and O–H groups in total. The van der Waals surface area contributed by atoms with Gasteiger partial charge in [-0.05, 0) is 42.8 Å². The molecule has 2 rings (SSSR count). The van der Waals surface area contributed by atoms with Crippen LogP contribution in [0.4, 0.5) is 11.4 Å². The van der Waals surface area contributed by atoms with E-state index in [1.54, 1.807) is 19.1 Å². The van der Waals surface area contributed by atoms with Crippen LogP contribution in [0.2, 0.25) is 0 Å². The number of sulfonamides is 1. The standard InChI is InChI=1S/C14H14N2O4S/c1-9-3-2-4-11(7-9)21(19,20)16-13-6-5-10(14(17)18)8-12(13)15/h2-8,16H,15H2,1H3,(H,17,18). The molecule has 0 unspecified atom stereocenters. The van der Waals surface area contributed by atoms with Gasteiger partial charge in [-0.3, -0.25) is 4.72 Å². The van der Waals surface area contributed by atoms with Crippen molar-refractivity contribution in [3.05, 3.63) is 53.6 Å². The second kappa shape index (κ2) is 5.45. The van der Waals surface area contributed by atoms with Crippen LogP contribution < -0.4 is 10.5 Å². The van der Waals surface area contributed by atoms with Crippen molar-refractivity contribution in [3.8, 4) is 0 Å². The predicted octanol–water partition coefficient (Wildman–Crippen LogP) is 2.08. The SMILES string of the molecule is Cc1cccc(S(=O)(=O)Nc2ccc(C(=O)O)cc2N)c1. The van der Waals surface area contributed by atoms with Gasteiger partial charge in [-0.15, -0.1) is 0 Å². The monoisotopic (exact) mass is 306 g/mol. The fourth-order valence-corrected chi connectivity index (χ4v) is 2.97. The maximum absolute atomic E-state index is 12.2. The zero-order valence-corrected chi connectivity index (χ0v) is 12.0. The molecule has 2 aromatic rings. The van der Waals surface area contributed by atoms with Crippen LogP contribution in [0.15, 0.2) is 47.4 Å². The van der Waals surface area contributed by atoms with E-state index in [1.165, 1.54) is 30.3 Å². The third-order valence-corrected chi connectivity index (χ3v) is 4.21. The molecule has 0 aromatic heterocycles. The largest absolute Gasteiger partial charge is 0.478 e. The smallest absolute Gasteiger partial charge is 0.335 e. The number of nitrogens with two attached hydrogens (primary N) is 1. The summed E-state index contributed by atoms with van der Waals surface area (Å²) in [5.41, 5.74) is 6.68. The number of benzene rings is 2. The summed E-state index contributed by atoms with van der Waals surface area (Å²) in [6, 6.07) is 10.2. The van der Waals surface area contributed by atoms with E-state index in [0.717, 1.165) is 5.56 Å². The Morgan fingerprint density at radius 2 is 1.90 bits per heavy atom. The summed E-state index contributed by atoms with van der Waals surface area (Å²) in [4.78, 5) is 10.9. The highest BCUT2D eigenvalue weighted by Crippen LogP contribution is 2.23. The zero-order valence-electron chi connectivity index (χ0n) is 11.2. The van der Waals surface area contributed by atoms with Gasteiger partial charge in [0.05, 0.1) is 21.8 Å². The van der Waals surface area contributed by atoms with Crippen LogP contribution >= 0.6 is 0 Å². The number of carboxylic acid groups (broad SMARTS) is 1. The van der Waals surface area contributed by atoms with Crippen molar-refractivity contribution in [2.75, 3.05) is 10.5 Å². The molecule has 0 fully saturated rings. The highest BCUT2D eigenvalue weighted by molar-refractivity contribution is 7.92. The van der Waals surface area contributed by atoms with E-state index in [1.807, 2.05) is 0 Å². The highest BCUT2D eigenvalue weighted by Gasteiger charge is 2.16. The lowest BCUT2D eigenvalue weighted by Crippen LogP contribution is -2.14. The number of rotatable bonds is 4. The van der Waals surface area contributed by atoms with E-state index >= 15 is 0 Å². The third kappa shape index (κ3) is 3.32. The molecule has 0 saturated heterocycles. The van der Waals surface area contributed by atoms with E-state index in [0.29, 0.717) is 0 Å². The topological polar surface area (TPSA) is 109 Å². The second-order valence-corrected chi connectivity index (χ2v) is 6.21. The Morgan fingerprint density at radius 1 is 1.19 bits per heavy atom. The molecule has 21 heavy (non-hydrogen) atoms. The minimum Gasteiger partial charge on any atom is -0.478 e. The lowest BCUT2D eigenvalue weighted by molar-refractivity contribution is 0.0697. The molecule has 0 radical (unpaired) electrons. The van der Waals surface area contributed by atoms with Gasteiger partial charge >= 0.3 is 5.97 Å². The van der Waals surface area contributed by atoms with Crippen LogP contribution in [0.25, 0.3) is 0 Å². The molecule has 0 aliphatic carbocycles. The molecule has 0 bridgehead atoms. The third-order valence-electron chi connectivity index (χ3n) is 2.84. The first-order chi connectivity index (χ1) is 9.79. The average Bonchev–Trinajstić information content (AvgIpc) is 2.40. The average molecular weight is 306 g/mol. The van der Waals surface area contributed by atoms with Gasteiger partial charge < -0.3 is 10.8 Å². The number of anilines is 2. The molecule has 2 aromatic carbocycles. The summed E-state index contributed by atoms with van der Waals surface area (Å²) >= 11 is 0. The first-order valence-corrected chi connectivity index (χ1v) is 7.50. The predicted molar refractivity (Wildman–Crippen MR) is 79.8 cm³/mol. The van der Waals surface area contributed by atoms with Gasteiger partial charge in [0.2, 0.25) is 0 Å². The normalized spacial score (nSPS) is 11.1. The number of nitrogen functional groups attached to an aromatic ring is 1. The molecule has 0 saturated carbocycles. The lowest BCUT2D eigenvalue weighted by atomic mass is 10.2. The van der Waals surface area contributed by atoms with Crippen molar-refractivity contribution in [2.45, 2.75) is 11.8 Å². The Hall–Kier alpha value is -2.54. The Labute approximate surface area is 122 Å². The van der Waals surface area contributed by atoms with Gasteiger partial charge in [-0.25, -0.2) is 13.2 Å².